The van der Waals surface area contributed by atoms with E-state index in [0.717, 1.165) is 31.5 Å². The van der Waals surface area contributed by atoms with Gasteiger partial charge in [0.1, 0.15) is 11.6 Å². The van der Waals surface area contributed by atoms with Crippen LogP contribution in [0.3, 0.4) is 0 Å². The Morgan fingerprint density at radius 1 is 1.27 bits per heavy atom. The van der Waals surface area contributed by atoms with Crippen LogP contribution in [-0.4, -0.2) is 54.4 Å². The zero-order valence-corrected chi connectivity index (χ0v) is 16.9. The Morgan fingerprint density at radius 2 is 2.10 bits per heavy atom. The molecule has 0 spiro atoms. The molecule has 3 aliphatic rings. The third-order valence-corrected chi connectivity index (χ3v) is 6.30. The molecule has 7 heteroatoms. The molecule has 156 valence electrons. The molecule has 6 nitrogen and oxygen atoms in total. The quantitative estimate of drug-likeness (QED) is 0.829. The predicted molar refractivity (Wildman–Crippen MR) is 112 cm³/mol. The number of nitrogens with zero attached hydrogens (tertiary/aromatic N) is 3. The van der Waals surface area contributed by atoms with Crippen molar-refractivity contribution in [3.8, 4) is 5.75 Å². The third kappa shape index (κ3) is 3.23. The lowest BCUT2D eigenvalue weighted by atomic mass is 9.86. The van der Waals surface area contributed by atoms with E-state index in [1.165, 1.54) is 12.1 Å². The summed E-state index contributed by atoms with van der Waals surface area (Å²) >= 11 is 0. The van der Waals surface area contributed by atoms with E-state index in [4.69, 9.17) is 9.84 Å². The number of carbonyl (C=O) groups excluding carboxylic acids is 1. The van der Waals surface area contributed by atoms with E-state index < -0.39 is 0 Å². The lowest BCUT2D eigenvalue weighted by Gasteiger charge is -2.36. The topological polar surface area (TPSA) is 57.2 Å². The molecule has 2 aromatic rings. The normalized spacial score (nSPS) is 25.1. The van der Waals surface area contributed by atoms with Crippen LogP contribution in [-0.2, 0) is 0 Å². The molecule has 2 amide bonds. The minimum atomic E-state index is -0.341. The molecule has 0 bridgehead atoms. The van der Waals surface area contributed by atoms with Gasteiger partial charge in [0.15, 0.2) is 0 Å². The summed E-state index contributed by atoms with van der Waals surface area (Å²) in [4.78, 5) is 15.3. The van der Waals surface area contributed by atoms with E-state index in [9.17, 15) is 9.18 Å². The number of amides is 2. The Hall–Kier alpha value is -2.93. The third-order valence-electron chi connectivity index (χ3n) is 6.30. The van der Waals surface area contributed by atoms with Gasteiger partial charge in [0.25, 0.3) is 0 Å². The van der Waals surface area contributed by atoms with Crippen molar-refractivity contribution in [3.05, 3.63) is 65.5 Å². The first-order chi connectivity index (χ1) is 14.6. The van der Waals surface area contributed by atoms with E-state index in [0.29, 0.717) is 23.6 Å². The van der Waals surface area contributed by atoms with Crippen LogP contribution in [0.25, 0.3) is 0 Å². The lowest BCUT2D eigenvalue weighted by molar-refractivity contribution is 0.115. The molecule has 0 saturated carbocycles. The van der Waals surface area contributed by atoms with Gasteiger partial charge in [-0.25, -0.2) is 14.2 Å². The van der Waals surface area contributed by atoms with Crippen molar-refractivity contribution >= 4 is 11.7 Å². The molecular formula is C23H25FN4O2. The second-order valence-corrected chi connectivity index (χ2v) is 8.14. The Morgan fingerprint density at radius 3 is 2.87 bits per heavy atom. The van der Waals surface area contributed by atoms with Crippen LogP contribution in [0.15, 0.2) is 53.6 Å². The number of ether oxygens (including phenoxy) is 1. The number of hydrogen-bond donors (Lipinski definition) is 1. The summed E-state index contributed by atoms with van der Waals surface area (Å²) in [5.41, 5.74) is 2.34. The van der Waals surface area contributed by atoms with Crippen LogP contribution in [0.5, 0.6) is 5.75 Å². The van der Waals surface area contributed by atoms with Gasteiger partial charge in [-0.2, -0.15) is 5.10 Å². The SMILES string of the molecule is CN(C(=O)N1N=C2c3cc(F)ccc3OCC2C1c1ccccc1)[C@H]1CCCNC1. The van der Waals surface area contributed by atoms with Crippen molar-refractivity contribution < 1.29 is 13.9 Å². The Bertz CT molecular complexity index is 974. The Kier molecular flexibility index (Phi) is 4.90. The highest BCUT2D eigenvalue weighted by molar-refractivity contribution is 6.07. The van der Waals surface area contributed by atoms with E-state index in [-0.39, 0.29) is 29.8 Å². The van der Waals surface area contributed by atoms with Gasteiger partial charge in [0, 0.05) is 25.2 Å². The molecule has 1 fully saturated rings. The maximum Gasteiger partial charge on any atom is 0.341 e. The number of fused-ring (bicyclic) bond motifs is 3. The van der Waals surface area contributed by atoms with Crippen molar-refractivity contribution in [1.29, 1.82) is 0 Å². The number of piperidine rings is 1. The number of rotatable bonds is 2. The van der Waals surface area contributed by atoms with Gasteiger partial charge < -0.3 is 15.0 Å². The fourth-order valence-electron chi connectivity index (χ4n) is 4.67. The molecular weight excluding hydrogens is 383 g/mol. The Balaban J connectivity index is 1.54. The summed E-state index contributed by atoms with van der Waals surface area (Å²) in [6.45, 7) is 2.16. The molecule has 3 atom stereocenters. The number of likely N-dealkylation sites (N-methyl/N-ethyl adjacent to an activating group) is 1. The molecule has 3 heterocycles. The number of benzene rings is 2. The highest BCUT2D eigenvalue weighted by Gasteiger charge is 2.46. The smallest absolute Gasteiger partial charge is 0.341 e. The van der Waals surface area contributed by atoms with Crippen LogP contribution in [0, 0.1) is 11.7 Å². The van der Waals surface area contributed by atoms with E-state index in [1.807, 2.05) is 37.4 Å². The fourth-order valence-corrected chi connectivity index (χ4v) is 4.67. The molecule has 1 N–H and O–H groups in total. The van der Waals surface area contributed by atoms with Gasteiger partial charge >= 0.3 is 6.03 Å². The van der Waals surface area contributed by atoms with Gasteiger partial charge in [-0.15, -0.1) is 0 Å². The maximum absolute atomic E-state index is 14.0. The largest absolute Gasteiger partial charge is 0.492 e. The summed E-state index contributed by atoms with van der Waals surface area (Å²) in [5, 5.41) is 9.70. The van der Waals surface area contributed by atoms with Gasteiger partial charge in [-0.3, -0.25) is 0 Å². The number of halogens is 1. The molecule has 5 rings (SSSR count). The number of nitrogens with one attached hydrogen (secondary N) is 1. The highest BCUT2D eigenvalue weighted by atomic mass is 19.1. The minimum Gasteiger partial charge on any atom is -0.492 e. The summed E-state index contributed by atoms with van der Waals surface area (Å²) in [6, 6.07) is 14.1. The summed E-state index contributed by atoms with van der Waals surface area (Å²) < 4.78 is 19.9. The zero-order valence-electron chi connectivity index (χ0n) is 16.9. The minimum absolute atomic E-state index is 0.131. The van der Waals surface area contributed by atoms with Crippen molar-refractivity contribution in [1.82, 2.24) is 15.2 Å². The van der Waals surface area contributed by atoms with Crippen LogP contribution in [0.1, 0.15) is 30.0 Å². The standard InChI is InChI=1S/C23H25FN4O2/c1-27(17-8-5-11-25-13-17)23(29)28-22(15-6-3-2-4-7-15)19-14-30-20-10-9-16(24)12-18(20)21(19)26-28/h2-4,6-7,9-10,12,17,19,22,25H,5,8,11,13-14H2,1H3/t17-,19?,22?/m0/s1. The lowest BCUT2D eigenvalue weighted by Crippen LogP contribution is -2.50. The molecule has 2 unspecified atom stereocenters. The number of hydrazone groups is 1. The van der Waals surface area contributed by atoms with E-state index in [1.54, 1.807) is 16.0 Å². The van der Waals surface area contributed by atoms with Crippen LogP contribution in [0.2, 0.25) is 0 Å². The predicted octanol–water partition coefficient (Wildman–Crippen LogP) is 3.40. The summed E-state index contributed by atoms with van der Waals surface area (Å²) in [7, 11) is 1.84. The molecule has 0 radical (unpaired) electrons. The molecule has 0 aromatic heterocycles. The first-order valence-electron chi connectivity index (χ1n) is 10.5. The molecule has 2 aromatic carbocycles. The molecule has 30 heavy (non-hydrogen) atoms. The molecule has 0 aliphatic carbocycles. The average molecular weight is 408 g/mol. The second kappa shape index (κ2) is 7.72. The summed E-state index contributed by atoms with van der Waals surface area (Å²) in [6.07, 6.45) is 2.01. The van der Waals surface area contributed by atoms with Crippen molar-refractivity contribution in [2.45, 2.75) is 24.9 Å². The monoisotopic (exact) mass is 408 g/mol. The van der Waals surface area contributed by atoms with E-state index in [2.05, 4.69) is 5.32 Å². The van der Waals surface area contributed by atoms with Gasteiger partial charge in [0.2, 0.25) is 0 Å². The number of carbonyl (C=O) groups is 1. The molecule has 3 aliphatic heterocycles. The average Bonchev–Trinajstić information content (AvgIpc) is 3.19. The van der Waals surface area contributed by atoms with Gasteiger partial charge in [-0.05, 0) is 43.1 Å². The van der Waals surface area contributed by atoms with Gasteiger partial charge in [0.05, 0.1) is 24.3 Å². The van der Waals surface area contributed by atoms with E-state index >= 15 is 0 Å². The van der Waals surface area contributed by atoms with Crippen LogP contribution >= 0.6 is 0 Å². The van der Waals surface area contributed by atoms with Crippen LogP contribution < -0.4 is 10.1 Å². The van der Waals surface area contributed by atoms with Gasteiger partial charge in [-0.1, -0.05) is 30.3 Å². The molecule has 1 saturated heterocycles. The highest BCUT2D eigenvalue weighted by Crippen LogP contribution is 2.43. The number of urea groups is 1. The fraction of sp³-hybridized carbons (Fsp3) is 0.391. The van der Waals surface area contributed by atoms with Crippen molar-refractivity contribution in [2.75, 3.05) is 26.7 Å². The zero-order chi connectivity index (χ0) is 20.7. The first kappa shape index (κ1) is 19.1. The Labute approximate surface area is 175 Å². The maximum atomic E-state index is 14.0. The number of hydrogen-bond acceptors (Lipinski definition) is 4. The summed E-state index contributed by atoms with van der Waals surface area (Å²) in [5.74, 6) is 0.119. The van der Waals surface area contributed by atoms with Crippen LogP contribution in [0.4, 0.5) is 9.18 Å². The first-order valence-corrected chi connectivity index (χ1v) is 10.5. The second-order valence-electron chi connectivity index (χ2n) is 8.14. The van der Waals surface area contributed by atoms with Crippen molar-refractivity contribution in [2.24, 2.45) is 11.0 Å². The van der Waals surface area contributed by atoms with Crippen molar-refractivity contribution in [3.63, 3.8) is 0 Å².